The van der Waals surface area contributed by atoms with Crippen LogP contribution in [0.2, 0.25) is 0 Å². The van der Waals surface area contributed by atoms with Crippen LogP contribution in [0.5, 0.6) is 0 Å². The van der Waals surface area contributed by atoms with Crippen molar-refractivity contribution in [3.8, 4) is 0 Å². The smallest absolute Gasteiger partial charge is 0.310 e. The van der Waals surface area contributed by atoms with Gasteiger partial charge in [0.15, 0.2) is 0 Å². The monoisotopic (exact) mass is 224 g/mol. The molecule has 2 rings (SSSR count). The molecule has 2 aliphatic carbocycles. The number of rotatable bonds is 4. The van der Waals surface area contributed by atoms with Crippen LogP contribution in [0.15, 0.2) is 12.2 Å². The first-order valence-corrected chi connectivity index (χ1v) is 5.66. The van der Waals surface area contributed by atoms with Crippen molar-refractivity contribution in [3.05, 3.63) is 12.2 Å². The van der Waals surface area contributed by atoms with Crippen LogP contribution in [0.1, 0.15) is 26.2 Å². The molecule has 0 aromatic rings. The summed E-state index contributed by atoms with van der Waals surface area (Å²) in [7, 11) is 0. The number of carbonyl (C=O) groups is 2. The third-order valence-corrected chi connectivity index (χ3v) is 3.70. The van der Waals surface area contributed by atoms with E-state index in [0.717, 1.165) is 6.42 Å². The third-order valence-electron chi connectivity index (χ3n) is 3.70. The molecule has 16 heavy (non-hydrogen) atoms. The quantitative estimate of drug-likeness (QED) is 0.582. The molecule has 4 nitrogen and oxygen atoms in total. The van der Waals surface area contributed by atoms with Gasteiger partial charge in [-0.25, -0.2) is 0 Å². The van der Waals surface area contributed by atoms with E-state index in [1.54, 1.807) is 6.92 Å². The maximum Gasteiger partial charge on any atom is 0.310 e. The van der Waals surface area contributed by atoms with Crippen molar-refractivity contribution >= 4 is 11.9 Å². The minimum Gasteiger partial charge on any atom is -0.481 e. The highest BCUT2D eigenvalue weighted by molar-refractivity contribution is 5.83. The second-order valence-electron chi connectivity index (χ2n) is 4.63. The SMILES string of the molecule is CCOC(=O)CC1(C(=O)O)CC2C=CC1C2. The molecule has 1 N–H and O–H groups in total. The minimum absolute atomic E-state index is 0.000550. The van der Waals surface area contributed by atoms with Gasteiger partial charge in [-0.1, -0.05) is 12.2 Å². The summed E-state index contributed by atoms with van der Waals surface area (Å²) in [5.41, 5.74) is -0.911. The molecule has 1 saturated carbocycles. The molecule has 0 spiro atoms. The maximum atomic E-state index is 11.5. The van der Waals surface area contributed by atoms with Crippen LogP contribution in [0, 0.1) is 17.3 Å². The van der Waals surface area contributed by atoms with Gasteiger partial charge in [-0.15, -0.1) is 0 Å². The number of fused-ring (bicyclic) bond motifs is 2. The predicted octanol–water partition coefficient (Wildman–Crippen LogP) is 1.61. The van der Waals surface area contributed by atoms with Crippen molar-refractivity contribution in [2.24, 2.45) is 17.3 Å². The molecule has 88 valence electrons. The van der Waals surface area contributed by atoms with Crippen molar-refractivity contribution < 1.29 is 19.4 Å². The largest absolute Gasteiger partial charge is 0.481 e. The molecule has 0 heterocycles. The normalized spacial score (nSPS) is 35.3. The van der Waals surface area contributed by atoms with Gasteiger partial charge in [-0.3, -0.25) is 9.59 Å². The lowest BCUT2D eigenvalue weighted by Gasteiger charge is -2.29. The second kappa shape index (κ2) is 3.92. The van der Waals surface area contributed by atoms with Crippen molar-refractivity contribution in [1.82, 2.24) is 0 Å². The zero-order chi connectivity index (χ0) is 11.8. The summed E-state index contributed by atoms with van der Waals surface area (Å²) < 4.78 is 4.86. The number of carbonyl (C=O) groups excluding carboxylic acids is 1. The number of aliphatic carboxylic acids is 1. The first-order valence-electron chi connectivity index (χ1n) is 5.66. The van der Waals surface area contributed by atoms with Crippen molar-refractivity contribution in [2.75, 3.05) is 6.61 Å². The fourth-order valence-corrected chi connectivity index (χ4v) is 2.95. The van der Waals surface area contributed by atoms with Crippen molar-refractivity contribution in [2.45, 2.75) is 26.2 Å². The number of carboxylic acid groups (broad SMARTS) is 1. The highest BCUT2D eigenvalue weighted by Crippen LogP contribution is 2.54. The lowest BCUT2D eigenvalue weighted by Crippen LogP contribution is -2.37. The Kier molecular flexibility index (Phi) is 2.74. The summed E-state index contributed by atoms with van der Waals surface area (Å²) in [5.74, 6) is -0.932. The molecule has 0 radical (unpaired) electrons. The molecule has 1 fully saturated rings. The Hall–Kier alpha value is -1.32. The van der Waals surface area contributed by atoms with Gasteiger partial charge in [0.25, 0.3) is 0 Å². The number of hydrogen-bond donors (Lipinski definition) is 1. The summed E-state index contributed by atoms with van der Waals surface area (Å²) in [6.45, 7) is 2.03. The second-order valence-corrected chi connectivity index (χ2v) is 4.63. The molecule has 3 unspecified atom stereocenters. The van der Waals surface area contributed by atoms with Crippen LogP contribution in [0.4, 0.5) is 0 Å². The zero-order valence-corrected chi connectivity index (χ0v) is 9.31. The summed E-state index contributed by atoms with van der Waals surface area (Å²) >= 11 is 0. The fraction of sp³-hybridized carbons (Fsp3) is 0.667. The molecule has 0 aliphatic heterocycles. The summed E-state index contributed by atoms with van der Waals surface area (Å²) in [4.78, 5) is 22.9. The van der Waals surface area contributed by atoms with E-state index in [4.69, 9.17) is 4.74 Å². The van der Waals surface area contributed by atoms with Gasteiger partial charge < -0.3 is 9.84 Å². The van der Waals surface area contributed by atoms with E-state index in [1.807, 2.05) is 6.08 Å². The Labute approximate surface area is 94.3 Å². The van der Waals surface area contributed by atoms with E-state index in [9.17, 15) is 14.7 Å². The minimum atomic E-state index is -0.911. The Morgan fingerprint density at radius 2 is 2.25 bits per heavy atom. The van der Waals surface area contributed by atoms with E-state index >= 15 is 0 Å². The lowest BCUT2D eigenvalue weighted by atomic mass is 9.73. The van der Waals surface area contributed by atoms with Gasteiger partial charge in [0.2, 0.25) is 0 Å². The Balaban J connectivity index is 2.15. The number of carboxylic acids is 1. The highest BCUT2D eigenvalue weighted by Gasteiger charge is 2.54. The van der Waals surface area contributed by atoms with Crippen LogP contribution in [0.25, 0.3) is 0 Å². The summed E-state index contributed by atoms with van der Waals surface area (Å²) in [6.07, 6.45) is 5.45. The lowest BCUT2D eigenvalue weighted by molar-refractivity contribution is -0.159. The van der Waals surface area contributed by atoms with E-state index < -0.39 is 17.4 Å². The van der Waals surface area contributed by atoms with Gasteiger partial charge >= 0.3 is 11.9 Å². The molecule has 2 aliphatic rings. The van der Waals surface area contributed by atoms with Crippen LogP contribution in [-0.4, -0.2) is 23.7 Å². The third kappa shape index (κ3) is 1.62. The molecule has 3 atom stereocenters. The standard InChI is InChI=1S/C12H16O4/c1-2-16-10(13)7-12(11(14)15)6-8-3-4-9(12)5-8/h3-4,8-9H,2,5-7H2,1H3,(H,14,15). The Bertz CT molecular complexity index is 347. The van der Waals surface area contributed by atoms with Crippen molar-refractivity contribution in [1.29, 1.82) is 0 Å². The Morgan fingerprint density at radius 1 is 1.50 bits per heavy atom. The van der Waals surface area contributed by atoms with E-state index in [-0.39, 0.29) is 12.3 Å². The molecule has 0 saturated heterocycles. The van der Waals surface area contributed by atoms with E-state index in [2.05, 4.69) is 6.08 Å². The first-order chi connectivity index (χ1) is 7.58. The molecular weight excluding hydrogens is 208 g/mol. The Morgan fingerprint density at radius 3 is 2.69 bits per heavy atom. The number of allylic oxidation sites excluding steroid dienone is 2. The van der Waals surface area contributed by atoms with Gasteiger partial charge in [-0.2, -0.15) is 0 Å². The highest BCUT2D eigenvalue weighted by atomic mass is 16.5. The molecule has 0 aromatic heterocycles. The first kappa shape index (κ1) is 11.2. The topological polar surface area (TPSA) is 63.6 Å². The summed E-state index contributed by atoms with van der Waals surface area (Å²) in [6, 6.07) is 0. The van der Waals surface area contributed by atoms with Gasteiger partial charge in [0.05, 0.1) is 18.4 Å². The zero-order valence-electron chi connectivity index (χ0n) is 9.31. The van der Waals surface area contributed by atoms with Crippen LogP contribution in [0.3, 0.4) is 0 Å². The van der Waals surface area contributed by atoms with Crippen LogP contribution < -0.4 is 0 Å². The fourth-order valence-electron chi connectivity index (χ4n) is 2.95. The maximum absolute atomic E-state index is 11.5. The molecule has 2 bridgehead atoms. The average molecular weight is 224 g/mol. The van der Waals surface area contributed by atoms with E-state index in [0.29, 0.717) is 18.9 Å². The van der Waals surface area contributed by atoms with Crippen LogP contribution in [-0.2, 0) is 14.3 Å². The molecular formula is C12H16O4. The molecule has 0 aromatic carbocycles. The summed E-state index contributed by atoms with van der Waals surface area (Å²) in [5, 5.41) is 9.36. The molecule has 0 amide bonds. The van der Waals surface area contributed by atoms with Gasteiger partial charge in [0, 0.05) is 0 Å². The molecule has 4 heteroatoms. The van der Waals surface area contributed by atoms with Crippen LogP contribution >= 0.6 is 0 Å². The number of hydrogen-bond acceptors (Lipinski definition) is 3. The predicted molar refractivity (Wildman–Crippen MR) is 56.7 cm³/mol. The van der Waals surface area contributed by atoms with E-state index in [1.165, 1.54) is 0 Å². The van der Waals surface area contributed by atoms with Gasteiger partial charge in [0.1, 0.15) is 0 Å². The number of ether oxygens (including phenoxy) is 1. The average Bonchev–Trinajstić information content (AvgIpc) is 2.77. The van der Waals surface area contributed by atoms with Crippen molar-refractivity contribution in [3.63, 3.8) is 0 Å². The number of esters is 1. The van der Waals surface area contributed by atoms with Gasteiger partial charge in [-0.05, 0) is 31.6 Å².